The standard InChI is InChI=1S/C20H14N2O3/c23-16-8-12-18(13-9-16)24-17-10-6-15(7-11-17)20-21-19(22-25-20)14-4-2-1-3-5-14/h1-13,23H. The normalized spacial score (nSPS) is 10.6. The lowest BCUT2D eigenvalue weighted by Gasteiger charge is -2.05. The van der Waals surface area contributed by atoms with Gasteiger partial charge in [-0.05, 0) is 48.5 Å². The fourth-order valence-electron chi connectivity index (χ4n) is 2.36. The molecule has 1 aromatic heterocycles. The van der Waals surface area contributed by atoms with Crippen molar-refractivity contribution in [3.8, 4) is 40.1 Å². The zero-order valence-corrected chi connectivity index (χ0v) is 13.2. The van der Waals surface area contributed by atoms with Crippen molar-refractivity contribution in [2.24, 2.45) is 0 Å². The highest BCUT2D eigenvalue weighted by Crippen LogP contribution is 2.27. The summed E-state index contributed by atoms with van der Waals surface area (Å²) in [6.07, 6.45) is 0. The van der Waals surface area contributed by atoms with Gasteiger partial charge in [-0.25, -0.2) is 0 Å². The Morgan fingerprint density at radius 3 is 2.04 bits per heavy atom. The van der Waals surface area contributed by atoms with Crippen LogP contribution >= 0.6 is 0 Å². The monoisotopic (exact) mass is 330 g/mol. The van der Waals surface area contributed by atoms with Crippen LogP contribution in [0.25, 0.3) is 22.8 Å². The average molecular weight is 330 g/mol. The van der Waals surface area contributed by atoms with E-state index in [9.17, 15) is 5.11 Å². The van der Waals surface area contributed by atoms with Crippen LogP contribution < -0.4 is 4.74 Å². The molecule has 0 fully saturated rings. The van der Waals surface area contributed by atoms with Gasteiger partial charge in [-0.1, -0.05) is 35.5 Å². The summed E-state index contributed by atoms with van der Waals surface area (Å²) in [5.74, 6) is 2.54. The van der Waals surface area contributed by atoms with Crippen LogP contribution in [0.15, 0.2) is 83.4 Å². The number of hydrogen-bond acceptors (Lipinski definition) is 5. The summed E-state index contributed by atoms with van der Waals surface area (Å²) in [7, 11) is 0. The van der Waals surface area contributed by atoms with Crippen molar-refractivity contribution in [2.75, 3.05) is 0 Å². The van der Waals surface area contributed by atoms with Crippen LogP contribution in [0.2, 0.25) is 0 Å². The molecular formula is C20H14N2O3. The number of phenolic OH excluding ortho intramolecular Hbond substituents is 1. The summed E-state index contributed by atoms with van der Waals surface area (Å²) < 4.78 is 11.1. The van der Waals surface area contributed by atoms with Gasteiger partial charge in [0.25, 0.3) is 5.89 Å². The van der Waals surface area contributed by atoms with E-state index in [1.165, 1.54) is 0 Å². The lowest BCUT2D eigenvalue weighted by Crippen LogP contribution is -1.84. The van der Waals surface area contributed by atoms with Crippen LogP contribution in [0.4, 0.5) is 0 Å². The molecule has 0 aliphatic carbocycles. The molecule has 3 aromatic carbocycles. The summed E-state index contributed by atoms with van der Waals surface area (Å²) in [4.78, 5) is 4.43. The van der Waals surface area contributed by atoms with E-state index < -0.39 is 0 Å². The van der Waals surface area contributed by atoms with E-state index in [4.69, 9.17) is 9.26 Å². The van der Waals surface area contributed by atoms with Gasteiger partial charge in [-0.15, -0.1) is 0 Å². The van der Waals surface area contributed by atoms with Crippen molar-refractivity contribution in [2.45, 2.75) is 0 Å². The van der Waals surface area contributed by atoms with Crippen molar-refractivity contribution < 1.29 is 14.4 Å². The molecule has 0 atom stereocenters. The highest BCUT2D eigenvalue weighted by atomic mass is 16.5. The predicted molar refractivity (Wildman–Crippen MR) is 93.4 cm³/mol. The number of rotatable bonds is 4. The average Bonchev–Trinajstić information content (AvgIpc) is 3.15. The van der Waals surface area contributed by atoms with E-state index in [1.54, 1.807) is 24.3 Å². The predicted octanol–water partition coefficient (Wildman–Crippen LogP) is 4.90. The smallest absolute Gasteiger partial charge is 0.258 e. The summed E-state index contributed by atoms with van der Waals surface area (Å²) >= 11 is 0. The first-order chi connectivity index (χ1) is 12.3. The molecule has 122 valence electrons. The quantitative estimate of drug-likeness (QED) is 0.576. The molecule has 0 amide bonds. The second-order valence-electron chi connectivity index (χ2n) is 5.41. The highest BCUT2D eigenvalue weighted by Gasteiger charge is 2.10. The third kappa shape index (κ3) is 3.35. The van der Waals surface area contributed by atoms with Crippen LogP contribution in [0, 0.1) is 0 Å². The zero-order chi connectivity index (χ0) is 17.1. The summed E-state index contributed by atoms with van der Waals surface area (Å²) in [5, 5.41) is 13.3. The largest absolute Gasteiger partial charge is 0.508 e. The van der Waals surface area contributed by atoms with Crippen molar-refractivity contribution in [1.29, 1.82) is 0 Å². The first kappa shape index (κ1) is 15.0. The second-order valence-corrected chi connectivity index (χ2v) is 5.41. The molecule has 5 nitrogen and oxygen atoms in total. The first-order valence-electron chi connectivity index (χ1n) is 7.74. The molecule has 1 heterocycles. The Kier molecular flexibility index (Phi) is 3.88. The van der Waals surface area contributed by atoms with Gasteiger partial charge in [-0.2, -0.15) is 4.98 Å². The number of benzene rings is 3. The summed E-state index contributed by atoms with van der Waals surface area (Å²) in [6.45, 7) is 0. The van der Waals surface area contributed by atoms with Crippen LogP contribution in [0.1, 0.15) is 0 Å². The molecule has 0 saturated carbocycles. The third-order valence-electron chi connectivity index (χ3n) is 3.63. The minimum Gasteiger partial charge on any atom is -0.508 e. The van der Waals surface area contributed by atoms with Gasteiger partial charge in [0.05, 0.1) is 0 Å². The molecule has 0 aliphatic heterocycles. The Labute approximate surface area is 144 Å². The third-order valence-corrected chi connectivity index (χ3v) is 3.63. The Morgan fingerprint density at radius 1 is 0.720 bits per heavy atom. The van der Waals surface area contributed by atoms with Crippen molar-refractivity contribution in [3.63, 3.8) is 0 Å². The van der Waals surface area contributed by atoms with Crippen LogP contribution in [0.5, 0.6) is 17.2 Å². The highest BCUT2D eigenvalue weighted by molar-refractivity contribution is 5.60. The van der Waals surface area contributed by atoms with E-state index in [0.29, 0.717) is 23.2 Å². The Balaban J connectivity index is 1.52. The van der Waals surface area contributed by atoms with E-state index in [2.05, 4.69) is 10.1 Å². The number of hydrogen-bond donors (Lipinski definition) is 1. The molecular weight excluding hydrogens is 316 g/mol. The minimum atomic E-state index is 0.202. The fraction of sp³-hybridized carbons (Fsp3) is 0. The first-order valence-corrected chi connectivity index (χ1v) is 7.74. The Morgan fingerprint density at radius 2 is 1.36 bits per heavy atom. The van der Waals surface area contributed by atoms with Crippen molar-refractivity contribution >= 4 is 0 Å². The lowest BCUT2D eigenvalue weighted by molar-refractivity contribution is 0.432. The molecule has 0 saturated heterocycles. The molecule has 0 bridgehead atoms. The van der Waals surface area contributed by atoms with Gasteiger partial charge in [0, 0.05) is 11.1 Å². The minimum absolute atomic E-state index is 0.202. The van der Waals surface area contributed by atoms with Gasteiger partial charge < -0.3 is 14.4 Å². The van der Waals surface area contributed by atoms with Gasteiger partial charge in [-0.3, -0.25) is 0 Å². The van der Waals surface area contributed by atoms with Crippen molar-refractivity contribution in [1.82, 2.24) is 10.1 Å². The van der Waals surface area contributed by atoms with E-state index in [0.717, 1.165) is 11.1 Å². The molecule has 0 unspecified atom stereocenters. The van der Waals surface area contributed by atoms with E-state index in [1.807, 2.05) is 54.6 Å². The number of phenols is 1. The molecule has 4 aromatic rings. The van der Waals surface area contributed by atoms with E-state index >= 15 is 0 Å². The molecule has 0 radical (unpaired) electrons. The number of nitrogens with zero attached hydrogens (tertiary/aromatic N) is 2. The maximum atomic E-state index is 9.29. The molecule has 5 heteroatoms. The summed E-state index contributed by atoms with van der Waals surface area (Å²) in [5.41, 5.74) is 1.72. The molecule has 1 N–H and O–H groups in total. The topological polar surface area (TPSA) is 68.4 Å². The SMILES string of the molecule is Oc1ccc(Oc2ccc(-c3nc(-c4ccccc4)no3)cc2)cc1. The molecule has 0 spiro atoms. The van der Waals surface area contributed by atoms with Crippen LogP contribution in [-0.4, -0.2) is 15.2 Å². The number of ether oxygens (including phenoxy) is 1. The van der Waals surface area contributed by atoms with Gasteiger partial charge in [0.2, 0.25) is 5.82 Å². The maximum Gasteiger partial charge on any atom is 0.258 e. The molecule has 4 rings (SSSR count). The van der Waals surface area contributed by atoms with Gasteiger partial charge in [0.1, 0.15) is 17.2 Å². The second kappa shape index (κ2) is 6.49. The van der Waals surface area contributed by atoms with Crippen LogP contribution in [0.3, 0.4) is 0 Å². The van der Waals surface area contributed by atoms with Crippen LogP contribution in [-0.2, 0) is 0 Å². The number of aromatic nitrogens is 2. The zero-order valence-electron chi connectivity index (χ0n) is 13.2. The Hall–Kier alpha value is -3.60. The van der Waals surface area contributed by atoms with E-state index in [-0.39, 0.29) is 5.75 Å². The fourth-order valence-corrected chi connectivity index (χ4v) is 2.36. The van der Waals surface area contributed by atoms with Gasteiger partial charge in [0.15, 0.2) is 0 Å². The number of aromatic hydroxyl groups is 1. The van der Waals surface area contributed by atoms with Gasteiger partial charge >= 0.3 is 0 Å². The Bertz CT molecular complexity index is 962. The summed E-state index contributed by atoms with van der Waals surface area (Å²) in [6, 6.07) is 23.6. The maximum absolute atomic E-state index is 9.29. The molecule has 0 aliphatic rings. The van der Waals surface area contributed by atoms with Crippen molar-refractivity contribution in [3.05, 3.63) is 78.9 Å². The molecule has 25 heavy (non-hydrogen) atoms. The lowest BCUT2D eigenvalue weighted by atomic mass is 10.2.